The Morgan fingerprint density at radius 2 is 1.87 bits per heavy atom. The molecule has 3 aromatic heterocycles. The second-order valence-electron chi connectivity index (χ2n) is 9.16. The Labute approximate surface area is 223 Å². The lowest BCUT2D eigenvalue weighted by Crippen LogP contribution is -2.48. The van der Waals surface area contributed by atoms with Crippen molar-refractivity contribution in [1.29, 1.82) is 5.26 Å². The second kappa shape index (κ2) is 11.3. The fourth-order valence-corrected chi connectivity index (χ4v) is 3.97. The van der Waals surface area contributed by atoms with Crippen LogP contribution in [0.15, 0.2) is 61.1 Å². The number of amides is 1. The molecule has 198 valence electrons. The number of hydrogen-bond donors (Lipinski definition) is 3. The van der Waals surface area contributed by atoms with Gasteiger partial charge < -0.3 is 25.1 Å². The van der Waals surface area contributed by atoms with Crippen LogP contribution in [0.25, 0.3) is 22.6 Å². The van der Waals surface area contributed by atoms with Gasteiger partial charge in [0.2, 0.25) is 18.1 Å². The van der Waals surface area contributed by atoms with Gasteiger partial charge >= 0.3 is 0 Å². The molecule has 5 rings (SSSR count). The normalized spacial score (nSPS) is 18.7. The number of aromatic amines is 1. The third-order valence-corrected chi connectivity index (χ3v) is 6.09. The average molecular weight is 529 g/mol. The zero-order valence-corrected chi connectivity index (χ0v) is 21.0. The van der Waals surface area contributed by atoms with Gasteiger partial charge in [-0.2, -0.15) is 5.26 Å². The molecular weight excluding hydrogens is 503 g/mol. The lowest BCUT2D eigenvalue weighted by molar-refractivity contribution is -0.231. The number of aromatic nitrogens is 5. The van der Waals surface area contributed by atoms with E-state index >= 15 is 0 Å². The van der Waals surface area contributed by atoms with Crippen LogP contribution in [0, 0.1) is 22.6 Å². The summed E-state index contributed by atoms with van der Waals surface area (Å²) in [5.74, 6) is 0.119. The van der Waals surface area contributed by atoms with Crippen molar-refractivity contribution >= 4 is 17.5 Å². The van der Waals surface area contributed by atoms with E-state index in [0.717, 1.165) is 5.69 Å². The molecule has 11 nitrogen and oxygen atoms in total. The lowest BCUT2D eigenvalue weighted by atomic mass is 9.91. The molecule has 0 atom stereocenters. The fraction of sp³-hybridized carbons (Fsp3) is 0.259. The van der Waals surface area contributed by atoms with Crippen LogP contribution in [0.3, 0.4) is 0 Å². The highest BCUT2D eigenvalue weighted by molar-refractivity contribution is 5.82. The van der Waals surface area contributed by atoms with Crippen LogP contribution >= 0.6 is 0 Å². The van der Waals surface area contributed by atoms with E-state index in [4.69, 9.17) is 19.7 Å². The monoisotopic (exact) mass is 528 g/mol. The Hall–Kier alpha value is -4.73. The number of carbonyl (C=O) groups is 1. The summed E-state index contributed by atoms with van der Waals surface area (Å²) in [7, 11) is 0. The first kappa shape index (κ1) is 25.9. The van der Waals surface area contributed by atoms with Gasteiger partial charge in [-0.1, -0.05) is 0 Å². The van der Waals surface area contributed by atoms with Crippen LogP contribution in [0.5, 0.6) is 0 Å². The van der Waals surface area contributed by atoms with Crippen molar-refractivity contribution in [3.63, 3.8) is 0 Å². The maximum Gasteiger partial charge on any atom is 0.230 e. The Morgan fingerprint density at radius 3 is 2.59 bits per heavy atom. The molecule has 1 fully saturated rings. The predicted molar refractivity (Wildman–Crippen MR) is 139 cm³/mol. The third kappa shape index (κ3) is 5.90. The van der Waals surface area contributed by atoms with E-state index < -0.39 is 11.7 Å². The van der Waals surface area contributed by atoms with Crippen LogP contribution < -0.4 is 10.6 Å². The van der Waals surface area contributed by atoms with Crippen LogP contribution in [0.2, 0.25) is 0 Å². The van der Waals surface area contributed by atoms with E-state index in [-0.39, 0.29) is 37.9 Å². The lowest BCUT2D eigenvalue weighted by Gasteiger charge is -2.35. The highest BCUT2D eigenvalue weighted by Gasteiger charge is 2.40. The van der Waals surface area contributed by atoms with Gasteiger partial charge in [-0.25, -0.2) is 19.3 Å². The second-order valence-corrected chi connectivity index (χ2v) is 9.16. The topological polar surface area (TPSA) is 151 Å². The Morgan fingerprint density at radius 1 is 1.13 bits per heavy atom. The molecule has 1 saturated heterocycles. The average Bonchev–Trinajstić information content (AvgIpc) is 3.40. The smallest absolute Gasteiger partial charge is 0.230 e. The van der Waals surface area contributed by atoms with E-state index in [1.54, 1.807) is 55.8 Å². The van der Waals surface area contributed by atoms with Gasteiger partial charge in [-0.3, -0.25) is 9.78 Å². The molecule has 1 aliphatic heterocycles. The van der Waals surface area contributed by atoms with E-state index in [1.807, 2.05) is 6.07 Å². The number of imidazole rings is 1. The van der Waals surface area contributed by atoms with Crippen LogP contribution in [0.1, 0.15) is 25.5 Å². The van der Waals surface area contributed by atoms with Gasteiger partial charge in [0.05, 0.1) is 48.2 Å². The molecule has 0 saturated carbocycles. The van der Waals surface area contributed by atoms with Crippen LogP contribution in [-0.4, -0.2) is 50.6 Å². The number of rotatable bonds is 8. The molecule has 0 bridgehead atoms. The molecule has 12 heteroatoms. The van der Waals surface area contributed by atoms with Crippen molar-refractivity contribution in [2.75, 3.05) is 25.1 Å². The molecule has 0 radical (unpaired) electrons. The number of ether oxygens (including phenoxy) is 2. The van der Waals surface area contributed by atoms with Gasteiger partial charge in [0.1, 0.15) is 5.82 Å². The van der Waals surface area contributed by atoms with Gasteiger partial charge in [-0.05, 0) is 49.4 Å². The maximum absolute atomic E-state index is 13.7. The molecule has 0 unspecified atom stereocenters. The summed E-state index contributed by atoms with van der Waals surface area (Å²) >= 11 is 0. The summed E-state index contributed by atoms with van der Waals surface area (Å²) in [4.78, 5) is 33.5. The van der Waals surface area contributed by atoms with Gasteiger partial charge in [-0.15, -0.1) is 0 Å². The minimum atomic E-state index is -0.915. The number of nitrogens with one attached hydrogen (secondary N) is 3. The number of nitriles is 1. The van der Waals surface area contributed by atoms with Gasteiger partial charge in [0.25, 0.3) is 0 Å². The number of hydrogen-bond acceptors (Lipinski definition) is 9. The van der Waals surface area contributed by atoms with Gasteiger partial charge in [0, 0.05) is 36.4 Å². The standard InChI is InChI=1S/C27H25FN8O3/c1-27(25(37)31-11-2-10-29)15-38-24(39-16-27)23-35-21(17-3-5-18(28)6-4-17)22(36-23)20-9-14-32-26(34-20)33-19-7-12-30-13-8-19/h3-9,12-14,24H,2,11,15-16H2,1H3,(H,31,37)(H,35,36)(H,30,32,33,34). The highest BCUT2D eigenvalue weighted by Crippen LogP contribution is 2.35. The molecule has 0 spiro atoms. The summed E-state index contributed by atoms with van der Waals surface area (Å²) < 4.78 is 25.5. The zero-order chi connectivity index (χ0) is 27.2. The van der Waals surface area contributed by atoms with Gasteiger partial charge in [0.15, 0.2) is 5.82 Å². The third-order valence-electron chi connectivity index (χ3n) is 6.09. The van der Waals surface area contributed by atoms with Crippen LogP contribution in [-0.2, 0) is 14.3 Å². The highest BCUT2D eigenvalue weighted by atomic mass is 19.1. The molecule has 1 aromatic carbocycles. The first-order valence-corrected chi connectivity index (χ1v) is 12.2. The van der Waals surface area contributed by atoms with E-state index in [0.29, 0.717) is 34.4 Å². The van der Waals surface area contributed by atoms with Crippen molar-refractivity contribution in [2.24, 2.45) is 5.41 Å². The molecule has 1 aliphatic rings. The number of nitrogens with zero attached hydrogens (tertiary/aromatic N) is 5. The van der Waals surface area contributed by atoms with E-state index in [9.17, 15) is 9.18 Å². The number of halogens is 1. The molecule has 4 aromatic rings. The van der Waals surface area contributed by atoms with Crippen molar-refractivity contribution < 1.29 is 18.7 Å². The Bertz CT molecular complexity index is 1480. The first-order chi connectivity index (χ1) is 18.9. The number of H-pyrrole nitrogens is 1. The largest absolute Gasteiger partial charge is 0.354 e. The summed E-state index contributed by atoms with van der Waals surface area (Å²) in [5, 5.41) is 14.6. The molecule has 39 heavy (non-hydrogen) atoms. The predicted octanol–water partition coefficient (Wildman–Crippen LogP) is 3.89. The van der Waals surface area contributed by atoms with Crippen LogP contribution in [0.4, 0.5) is 16.0 Å². The first-order valence-electron chi connectivity index (χ1n) is 12.2. The molecule has 4 heterocycles. The summed E-state index contributed by atoms with van der Waals surface area (Å²) in [5.41, 5.74) is 2.14. The zero-order valence-electron chi connectivity index (χ0n) is 21.0. The quantitative estimate of drug-likeness (QED) is 0.289. The van der Waals surface area contributed by atoms with Crippen molar-refractivity contribution in [3.8, 4) is 28.7 Å². The van der Waals surface area contributed by atoms with E-state index in [2.05, 4.69) is 30.6 Å². The SMILES string of the molecule is CC1(C(=O)NCCC#N)COC(c2nc(-c3ccc(F)cc3)c(-c3ccnc(Nc4ccncc4)n3)[nH]2)OC1. The van der Waals surface area contributed by atoms with Crippen molar-refractivity contribution in [3.05, 3.63) is 72.7 Å². The number of pyridine rings is 1. The minimum absolute atomic E-state index is 0.0888. The van der Waals surface area contributed by atoms with Crippen molar-refractivity contribution in [1.82, 2.24) is 30.2 Å². The molecule has 3 N–H and O–H groups in total. The summed E-state index contributed by atoms with van der Waals surface area (Å²) in [6.07, 6.45) is 4.28. The summed E-state index contributed by atoms with van der Waals surface area (Å²) in [6.45, 7) is 2.17. The number of benzene rings is 1. The Kier molecular flexibility index (Phi) is 7.53. The fourth-order valence-electron chi connectivity index (χ4n) is 3.97. The summed E-state index contributed by atoms with van der Waals surface area (Å²) in [6, 6.07) is 13.3. The Balaban J connectivity index is 1.42. The number of anilines is 2. The maximum atomic E-state index is 13.7. The minimum Gasteiger partial charge on any atom is -0.354 e. The molecule has 1 amide bonds. The number of carbonyl (C=O) groups excluding carboxylic acids is 1. The molecule has 0 aliphatic carbocycles. The van der Waals surface area contributed by atoms with Crippen molar-refractivity contribution in [2.45, 2.75) is 19.6 Å². The van der Waals surface area contributed by atoms with E-state index in [1.165, 1.54) is 12.1 Å². The molecular formula is C27H25FN8O3.